The van der Waals surface area contributed by atoms with Crippen LogP contribution in [0.1, 0.15) is 42.0 Å². The van der Waals surface area contributed by atoms with Crippen LogP contribution in [0.25, 0.3) is 10.9 Å². The quantitative estimate of drug-likeness (QED) is 0.631. The van der Waals surface area contributed by atoms with Gasteiger partial charge in [-0.3, -0.25) is 14.7 Å². The van der Waals surface area contributed by atoms with Crippen molar-refractivity contribution in [1.29, 1.82) is 0 Å². The standard InChI is InChI=1S/C23H21F3N2O2/c24-23(25,26)16-7-5-6-15(14-16)21(28-13-4-3-10-20(28)22(29)30)18-11-12-27-19-9-2-1-8-17(18)19/h1-2,5-9,11-12,14,20-21H,3-4,10,13H2,(H,29,30). The number of rotatable bonds is 4. The summed E-state index contributed by atoms with van der Waals surface area (Å²) in [5, 5.41) is 10.6. The molecule has 156 valence electrons. The zero-order valence-electron chi connectivity index (χ0n) is 16.1. The van der Waals surface area contributed by atoms with Gasteiger partial charge in [-0.2, -0.15) is 13.2 Å². The molecule has 4 rings (SSSR count). The van der Waals surface area contributed by atoms with Crippen LogP contribution in [0.4, 0.5) is 13.2 Å². The molecule has 0 spiro atoms. The van der Waals surface area contributed by atoms with Crippen LogP contribution in [-0.2, 0) is 11.0 Å². The summed E-state index contributed by atoms with van der Waals surface area (Å²) in [7, 11) is 0. The minimum atomic E-state index is -4.48. The van der Waals surface area contributed by atoms with E-state index in [0.717, 1.165) is 41.4 Å². The predicted octanol–water partition coefficient (Wildman–Crippen LogP) is 5.28. The van der Waals surface area contributed by atoms with E-state index in [-0.39, 0.29) is 0 Å². The van der Waals surface area contributed by atoms with Gasteiger partial charge in [-0.15, -0.1) is 0 Å². The number of pyridine rings is 1. The second kappa shape index (κ2) is 8.07. The van der Waals surface area contributed by atoms with E-state index >= 15 is 0 Å². The Hall–Kier alpha value is -2.93. The number of piperidine rings is 1. The second-order valence-corrected chi connectivity index (χ2v) is 7.53. The highest BCUT2D eigenvalue weighted by Crippen LogP contribution is 2.39. The number of likely N-dealkylation sites (tertiary alicyclic amines) is 1. The topological polar surface area (TPSA) is 53.4 Å². The van der Waals surface area contributed by atoms with E-state index in [0.29, 0.717) is 18.5 Å². The molecule has 1 aliphatic heterocycles. The molecule has 7 heteroatoms. The zero-order valence-corrected chi connectivity index (χ0v) is 16.1. The minimum Gasteiger partial charge on any atom is -0.480 e. The number of halogens is 3. The fraction of sp³-hybridized carbons (Fsp3) is 0.304. The van der Waals surface area contributed by atoms with Crippen molar-refractivity contribution in [2.24, 2.45) is 0 Å². The van der Waals surface area contributed by atoms with Gasteiger partial charge in [0.15, 0.2) is 0 Å². The van der Waals surface area contributed by atoms with Crippen molar-refractivity contribution in [2.45, 2.75) is 37.5 Å². The van der Waals surface area contributed by atoms with Crippen LogP contribution >= 0.6 is 0 Å². The number of hydrogen-bond donors (Lipinski definition) is 1. The SMILES string of the molecule is O=C(O)C1CCCCN1C(c1cccc(C(F)(F)F)c1)c1ccnc2ccccc12. The lowest BCUT2D eigenvalue weighted by Crippen LogP contribution is -2.47. The summed E-state index contributed by atoms with van der Waals surface area (Å²) in [6, 6.07) is 13.0. The van der Waals surface area contributed by atoms with E-state index in [1.165, 1.54) is 6.07 Å². The number of carboxylic acids is 1. The van der Waals surface area contributed by atoms with Gasteiger partial charge in [0.25, 0.3) is 0 Å². The molecule has 1 saturated heterocycles. The van der Waals surface area contributed by atoms with Gasteiger partial charge in [-0.05, 0) is 54.8 Å². The van der Waals surface area contributed by atoms with Gasteiger partial charge in [0.05, 0.1) is 17.1 Å². The monoisotopic (exact) mass is 414 g/mol. The van der Waals surface area contributed by atoms with E-state index in [1.807, 2.05) is 29.2 Å². The van der Waals surface area contributed by atoms with Crippen molar-refractivity contribution in [3.05, 3.63) is 77.5 Å². The molecule has 30 heavy (non-hydrogen) atoms. The van der Waals surface area contributed by atoms with Crippen LogP contribution < -0.4 is 0 Å². The Morgan fingerprint density at radius 2 is 1.90 bits per heavy atom. The molecular formula is C23H21F3N2O2. The smallest absolute Gasteiger partial charge is 0.416 e. The number of carbonyl (C=O) groups is 1. The third kappa shape index (κ3) is 3.89. The van der Waals surface area contributed by atoms with Crippen molar-refractivity contribution in [3.8, 4) is 0 Å². The molecule has 0 radical (unpaired) electrons. The van der Waals surface area contributed by atoms with E-state index in [9.17, 15) is 23.1 Å². The summed E-state index contributed by atoms with van der Waals surface area (Å²) in [4.78, 5) is 18.2. The molecule has 2 aromatic carbocycles. The molecule has 1 aromatic heterocycles. The van der Waals surface area contributed by atoms with Gasteiger partial charge in [-0.1, -0.05) is 36.8 Å². The molecule has 0 saturated carbocycles. The Labute approximate surface area is 172 Å². The van der Waals surface area contributed by atoms with E-state index in [2.05, 4.69) is 4.98 Å². The molecule has 1 fully saturated rings. The van der Waals surface area contributed by atoms with E-state index in [4.69, 9.17) is 0 Å². The molecular weight excluding hydrogens is 393 g/mol. The van der Waals surface area contributed by atoms with Crippen molar-refractivity contribution < 1.29 is 23.1 Å². The van der Waals surface area contributed by atoms with Crippen molar-refractivity contribution in [1.82, 2.24) is 9.88 Å². The van der Waals surface area contributed by atoms with Crippen LogP contribution in [0.5, 0.6) is 0 Å². The zero-order chi connectivity index (χ0) is 21.3. The Morgan fingerprint density at radius 1 is 1.10 bits per heavy atom. The Morgan fingerprint density at radius 3 is 2.67 bits per heavy atom. The largest absolute Gasteiger partial charge is 0.480 e. The Bertz CT molecular complexity index is 1060. The first-order valence-electron chi connectivity index (χ1n) is 9.85. The fourth-order valence-electron chi connectivity index (χ4n) is 4.32. The van der Waals surface area contributed by atoms with Gasteiger partial charge in [0.1, 0.15) is 6.04 Å². The second-order valence-electron chi connectivity index (χ2n) is 7.53. The van der Waals surface area contributed by atoms with Crippen molar-refractivity contribution in [3.63, 3.8) is 0 Å². The number of alkyl halides is 3. The van der Waals surface area contributed by atoms with Crippen LogP contribution in [0, 0.1) is 0 Å². The molecule has 4 nitrogen and oxygen atoms in total. The van der Waals surface area contributed by atoms with Crippen molar-refractivity contribution in [2.75, 3.05) is 6.54 Å². The van der Waals surface area contributed by atoms with Crippen LogP contribution in [0.15, 0.2) is 60.8 Å². The number of fused-ring (bicyclic) bond motifs is 1. The maximum atomic E-state index is 13.4. The highest BCUT2D eigenvalue weighted by Gasteiger charge is 2.37. The summed E-state index contributed by atoms with van der Waals surface area (Å²) in [6.45, 7) is 0.495. The number of aliphatic carboxylic acids is 1. The molecule has 2 unspecified atom stereocenters. The normalized spacial score (nSPS) is 19.0. The van der Waals surface area contributed by atoms with Gasteiger partial charge >= 0.3 is 12.1 Å². The highest BCUT2D eigenvalue weighted by molar-refractivity contribution is 5.83. The number of benzene rings is 2. The van der Waals surface area contributed by atoms with Crippen LogP contribution in [0.3, 0.4) is 0 Å². The summed E-state index contributed by atoms with van der Waals surface area (Å²) < 4.78 is 40.2. The fourth-order valence-corrected chi connectivity index (χ4v) is 4.32. The third-order valence-corrected chi connectivity index (χ3v) is 5.67. The molecule has 1 N–H and O–H groups in total. The molecule has 1 aliphatic rings. The van der Waals surface area contributed by atoms with Gasteiger partial charge in [0, 0.05) is 11.6 Å². The summed E-state index contributed by atoms with van der Waals surface area (Å²) in [5.74, 6) is -0.954. The van der Waals surface area contributed by atoms with E-state index < -0.39 is 29.8 Å². The lowest BCUT2D eigenvalue weighted by molar-refractivity contribution is -0.145. The van der Waals surface area contributed by atoms with Gasteiger partial charge < -0.3 is 5.11 Å². The predicted molar refractivity (Wildman–Crippen MR) is 107 cm³/mol. The third-order valence-electron chi connectivity index (χ3n) is 5.67. The maximum Gasteiger partial charge on any atom is 0.416 e. The van der Waals surface area contributed by atoms with Crippen LogP contribution in [0.2, 0.25) is 0 Å². The van der Waals surface area contributed by atoms with Gasteiger partial charge in [0.2, 0.25) is 0 Å². The number of para-hydroxylation sites is 1. The van der Waals surface area contributed by atoms with Crippen LogP contribution in [-0.4, -0.2) is 33.5 Å². The Kier molecular flexibility index (Phi) is 5.47. The number of aromatic nitrogens is 1. The average molecular weight is 414 g/mol. The number of nitrogens with zero attached hydrogens (tertiary/aromatic N) is 2. The lowest BCUT2D eigenvalue weighted by atomic mass is 9.89. The molecule has 2 heterocycles. The summed E-state index contributed by atoms with van der Waals surface area (Å²) in [5.41, 5.74) is 1.16. The van der Waals surface area contributed by atoms with Gasteiger partial charge in [-0.25, -0.2) is 0 Å². The number of hydrogen-bond acceptors (Lipinski definition) is 3. The molecule has 3 aromatic rings. The molecule has 0 aliphatic carbocycles. The van der Waals surface area contributed by atoms with E-state index in [1.54, 1.807) is 18.3 Å². The summed E-state index contributed by atoms with van der Waals surface area (Å²) >= 11 is 0. The lowest BCUT2D eigenvalue weighted by Gasteiger charge is -2.40. The highest BCUT2D eigenvalue weighted by atomic mass is 19.4. The summed E-state index contributed by atoms with van der Waals surface area (Å²) in [6.07, 6.45) is -0.817. The van der Waals surface area contributed by atoms with Crippen molar-refractivity contribution >= 4 is 16.9 Å². The molecule has 2 atom stereocenters. The molecule has 0 bridgehead atoms. The first-order chi connectivity index (χ1) is 14.4. The average Bonchev–Trinajstić information content (AvgIpc) is 2.74. The number of carboxylic acid groups (broad SMARTS) is 1. The maximum absolute atomic E-state index is 13.4. The molecule has 0 amide bonds. The minimum absolute atomic E-state index is 0.425. The Balaban J connectivity index is 1.93. The first kappa shape index (κ1) is 20.3. The first-order valence-corrected chi connectivity index (χ1v) is 9.85.